The van der Waals surface area contributed by atoms with E-state index in [0.717, 1.165) is 16.6 Å². The molecular formula is C15H13N3O. The average molecular weight is 251 g/mol. The lowest BCUT2D eigenvalue weighted by molar-refractivity contribution is 0.0636. The van der Waals surface area contributed by atoms with Crippen LogP contribution in [0.2, 0.25) is 0 Å². The highest BCUT2D eigenvalue weighted by atomic mass is 16.3. The predicted octanol–water partition coefficient (Wildman–Crippen LogP) is 2.31. The molecule has 2 heterocycles. The molecule has 94 valence electrons. The van der Waals surface area contributed by atoms with Gasteiger partial charge in [0.1, 0.15) is 0 Å². The maximum atomic E-state index is 10.8. The van der Waals surface area contributed by atoms with Gasteiger partial charge in [-0.05, 0) is 12.1 Å². The summed E-state index contributed by atoms with van der Waals surface area (Å²) in [6.07, 6.45) is 0. The first-order valence-electron chi connectivity index (χ1n) is 6.28. The summed E-state index contributed by atoms with van der Waals surface area (Å²) in [4.78, 5) is 4.51. The standard InChI is InChI=1S/C15H13N3O/c19-15(11-6-2-1-3-7-11)10-18-13-9-5-4-8-12(13)16-14(18)17-15/h1-9,19H,10H2,(H,16,17). The summed E-state index contributed by atoms with van der Waals surface area (Å²) in [6, 6.07) is 17.6. The van der Waals surface area contributed by atoms with Crippen LogP contribution in [0.5, 0.6) is 0 Å². The van der Waals surface area contributed by atoms with E-state index in [0.29, 0.717) is 12.5 Å². The molecule has 0 spiro atoms. The number of fused-ring (bicyclic) bond motifs is 3. The monoisotopic (exact) mass is 251 g/mol. The van der Waals surface area contributed by atoms with Crippen molar-refractivity contribution in [3.63, 3.8) is 0 Å². The van der Waals surface area contributed by atoms with Crippen LogP contribution in [0.25, 0.3) is 11.0 Å². The van der Waals surface area contributed by atoms with Crippen LogP contribution in [-0.2, 0) is 12.3 Å². The van der Waals surface area contributed by atoms with E-state index in [1.54, 1.807) is 0 Å². The van der Waals surface area contributed by atoms with Gasteiger partial charge in [0, 0.05) is 5.56 Å². The van der Waals surface area contributed by atoms with E-state index in [1.165, 1.54) is 0 Å². The van der Waals surface area contributed by atoms with Crippen molar-refractivity contribution in [2.75, 3.05) is 5.32 Å². The van der Waals surface area contributed by atoms with Crippen LogP contribution in [0.15, 0.2) is 54.6 Å². The van der Waals surface area contributed by atoms with E-state index in [2.05, 4.69) is 10.3 Å². The Morgan fingerprint density at radius 1 is 1.05 bits per heavy atom. The predicted molar refractivity (Wildman–Crippen MR) is 73.7 cm³/mol. The number of nitrogens with one attached hydrogen (secondary N) is 1. The Kier molecular flexibility index (Phi) is 2.00. The number of aliphatic hydroxyl groups is 1. The minimum Gasteiger partial charge on any atom is -0.365 e. The van der Waals surface area contributed by atoms with Crippen LogP contribution in [-0.4, -0.2) is 14.7 Å². The second-order valence-corrected chi connectivity index (χ2v) is 4.86. The van der Waals surface area contributed by atoms with Crippen LogP contribution in [0, 0.1) is 0 Å². The Balaban J connectivity index is 1.82. The van der Waals surface area contributed by atoms with Gasteiger partial charge in [-0.25, -0.2) is 4.98 Å². The smallest absolute Gasteiger partial charge is 0.206 e. The lowest BCUT2D eigenvalue weighted by Gasteiger charge is -2.23. The summed E-state index contributed by atoms with van der Waals surface area (Å²) in [6.45, 7) is 0.465. The van der Waals surface area contributed by atoms with Gasteiger partial charge in [-0.3, -0.25) is 0 Å². The quantitative estimate of drug-likeness (QED) is 0.697. The van der Waals surface area contributed by atoms with Crippen LogP contribution >= 0.6 is 0 Å². The van der Waals surface area contributed by atoms with Gasteiger partial charge in [0.25, 0.3) is 0 Å². The third-order valence-corrected chi connectivity index (χ3v) is 3.61. The Hall–Kier alpha value is -2.33. The average Bonchev–Trinajstić information content (AvgIpc) is 2.94. The topological polar surface area (TPSA) is 50.1 Å². The van der Waals surface area contributed by atoms with Gasteiger partial charge in [-0.15, -0.1) is 0 Å². The Bertz CT molecular complexity index is 750. The number of hydrogen-bond donors (Lipinski definition) is 2. The fourth-order valence-corrected chi connectivity index (χ4v) is 2.66. The van der Waals surface area contributed by atoms with Crippen LogP contribution < -0.4 is 5.32 Å². The fraction of sp³-hybridized carbons (Fsp3) is 0.133. The summed E-state index contributed by atoms with van der Waals surface area (Å²) in [5.74, 6) is 0.715. The number of hydrogen-bond acceptors (Lipinski definition) is 3. The molecule has 2 N–H and O–H groups in total. The van der Waals surface area contributed by atoms with Gasteiger partial charge in [0.15, 0.2) is 5.72 Å². The zero-order valence-corrected chi connectivity index (χ0v) is 10.2. The highest BCUT2D eigenvalue weighted by Gasteiger charge is 2.38. The van der Waals surface area contributed by atoms with E-state index < -0.39 is 5.72 Å². The molecule has 1 aliphatic rings. The number of imidazole rings is 1. The van der Waals surface area contributed by atoms with Gasteiger partial charge in [-0.1, -0.05) is 42.5 Å². The molecule has 0 saturated heterocycles. The first-order valence-corrected chi connectivity index (χ1v) is 6.28. The molecule has 0 radical (unpaired) electrons. The molecule has 0 bridgehead atoms. The molecule has 1 aliphatic heterocycles. The van der Waals surface area contributed by atoms with Crippen molar-refractivity contribution in [1.29, 1.82) is 0 Å². The highest BCUT2D eigenvalue weighted by molar-refractivity contribution is 5.79. The van der Waals surface area contributed by atoms with E-state index in [9.17, 15) is 5.11 Å². The van der Waals surface area contributed by atoms with Gasteiger partial charge in [0.05, 0.1) is 17.6 Å². The lowest BCUT2D eigenvalue weighted by atomic mass is 10.0. The minimum absolute atomic E-state index is 0.465. The van der Waals surface area contributed by atoms with E-state index in [4.69, 9.17) is 0 Å². The van der Waals surface area contributed by atoms with Gasteiger partial charge < -0.3 is 15.0 Å². The molecule has 19 heavy (non-hydrogen) atoms. The van der Waals surface area contributed by atoms with Crippen molar-refractivity contribution in [1.82, 2.24) is 9.55 Å². The second kappa shape index (κ2) is 3.59. The number of para-hydroxylation sites is 2. The maximum absolute atomic E-state index is 10.8. The number of rotatable bonds is 1. The molecule has 1 atom stereocenters. The minimum atomic E-state index is -1.08. The van der Waals surface area contributed by atoms with Gasteiger partial charge in [-0.2, -0.15) is 0 Å². The fourth-order valence-electron chi connectivity index (χ4n) is 2.66. The zero-order valence-electron chi connectivity index (χ0n) is 10.2. The van der Waals surface area contributed by atoms with Crippen LogP contribution in [0.3, 0.4) is 0 Å². The molecule has 4 nitrogen and oxygen atoms in total. The van der Waals surface area contributed by atoms with E-state index in [1.807, 2.05) is 59.2 Å². The Morgan fingerprint density at radius 3 is 2.63 bits per heavy atom. The first kappa shape index (κ1) is 10.6. The Morgan fingerprint density at radius 2 is 1.79 bits per heavy atom. The van der Waals surface area contributed by atoms with Crippen molar-refractivity contribution in [2.24, 2.45) is 0 Å². The molecule has 1 unspecified atom stereocenters. The summed E-state index contributed by atoms with van der Waals surface area (Å²) in [5.41, 5.74) is 1.76. The normalized spacial score (nSPS) is 21.3. The highest BCUT2D eigenvalue weighted by Crippen LogP contribution is 2.35. The number of nitrogens with zero attached hydrogens (tertiary/aromatic N) is 2. The molecule has 4 heteroatoms. The number of aromatic nitrogens is 2. The molecule has 0 fully saturated rings. The maximum Gasteiger partial charge on any atom is 0.206 e. The molecule has 0 saturated carbocycles. The second-order valence-electron chi connectivity index (χ2n) is 4.86. The zero-order chi connectivity index (χ0) is 12.9. The van der Waals surface area contributed by atoms with Crippen molar-refractivity contribution in [3.8, 4) is 0 Å². The van der Waals surface area contributed by atoms with Gasteiger partial charge >= 0.3 is 0 Å². The number of benzene rings is 2. The number of anilines is 1. The summed E-state index contributed by atoms with van der Waals surface area (Å²) < 4.78 is 2.02. The summed E-state index contributed by atoms with van der Waals surface area (Å²) in [5, 5.41) is 13.9. The molecular weight excluding hydrogens is 238 g/mol. The molecule has 0 amide bonds. The van der Waals surface area contributed by atoms with Crippen LogP contribution in [0.4, 0.5) is 5.95 Å². The molecule has 1 aromatic heterocycles. The molecule has 3 aromatic rings. The third-order valence-electron chi connectivity index (χ3n) is 3.61. The van der Waals surface area contributed by atoms with Crippen molar-refractivity contribution >= 4 is 17.0 Å². The third kappa shape index (κ3) is 1.47. The lowest BCUT2D eigenvalue weighted by Crippen LogP contribution is -2.33. The van der Waals surface area contributed by atoms with E-state index >= 15 is 0 Å². The van der Waals surface area contributed by atoms with Crippen LogP contribution in [0.1, 0.15) is 5.56 Å². The van der Waals surface area contributed by atoms with Crippen molar-refractivity contribution in [3.05, 3.63) is 60.2 Å². The Labute approximate surface area is 110 Å². The SMILES string of the molecule is OC1(c2ccccc2)Cn2c(nc3ccccc32)N1. The molecule has 2 aromatic carbocycles. The van der Waals surface area contributed by atoms with Crippen molar-refractivity contribution in [2.45, 2.75) is 12.3 Å². The summed E-state index contributed by atoms with van der Waals surface area (Å²) >= 11 is 0. The first-order chi connectivity index (χ1) is 9.26. The molecule has 0 aliphatic carbocycles. The van der Waals surface area contributed by atoms with E-state index in [-0.39, 0.29) is 0 Å². The largest absolute Gasteiger partial charge is 0.365 e. The van der Waals surface area contributed by atoms with Crippen molar-refractivity contribution < 1.29 is 5.11 Å². The molecule has 4 rings (SSSR count). The van der Waals surface area contributed by atoms with Gasteiger partial charge in [0.2, 0.25) is 5.95 Å². The summed E-state index contributed by atoms with van der Waals surface area (Å²) in [7, 11) is 0.